The summed E-state index contributed by atoms with van der Waals surface area (Å²) in [5, 5.41) is 15.7. The van der Waals surface area contributed by atoms with Crippen molar-refractivity contribution in [1.82, 2.24) is 9.88 Å². The van der Waals surface area contributed by atoms with Crippen LogP contribution in [0.1, 0.15) is 38.4 Å². The Bertz CT molecular complexity index is 1390. The van der Waals surface area contributed by atoms with Gasteiger partial charge in [0.25, 0.3) is 0 Å². The van der Waals surface area contributed by atoms with E-state index < -0.39 is 6.10 Å². The SMILES string of the molecule is C=CC1CN2CCC1CC2C(O)c1ccnc2ccc(OC)cc12.CC(C)N=C(N)N=C(N)Nc1ccc(Cl)cc1. The average molecular weight is 578 g/mol. The van der Waals surface area contributed by atoms with Gasteiger partial charge in [-0.3, -0.25) is 9.88 Å². The lowest BCUT2D eigenvalue weighted by molar-refractivity contribution is -0.0444. The second-order valence-corrected chi connectivity index (χ2v) is 11.1. The monoisotopic (exact) mass is 577 g/mol. The number of guanidine groups is 2. The van der Waals surface area contributed by atoms with Gasteiger partial charge in [0.2, 0.25) is 11.9 Å². The predicted molar refractivity (Wildman–Crippen MR) is 168 cm³/mol. The third-order valence-electron chi connectivity index (χ3n) is 7.56. The Morgan fingerprint density at radius 3 is 2.61 bits per heavy atom. The molecule has 3 aliphatic heterocycles. The highest BCUT2D eigenvalue weighted by molar-refractivity contribution is 6.30. The van der Waals surface area contributed by atoms with E-state index in [-0.39, 0.29) is 24.0 Å². The molecule has 0 aliphatic carbocycles. The van der Waals surface area contributed by atoms with Crippen LogP contribution in [0, 0.1) is 11.8 Å². The van der Waals surface area contributed by atoms with Crippen molar-refractivity contribution in [2.45, 2.75) is 44.9 Å². The number of aliphatic hydroxyl groups excluding tert-OH is 1. The second kappa shape index (κ2) is 13.8. The fourth-order valence-electron chi connectivity index (χ4n) is 5.57. The Hall–Kier alpha value is -3.66. The van der Waals surface area contributed by atoms with Crippen LogP contribution in [0.4, 0.5) is 5.69 Å². The van der Waals surface area contributed by atoms with Crippen LogP contribution in [0.5, 0.6) is 5.75 Å². The number of nitrogens with zero attached hydrogens (tertiary/aromatic N) is 4. The van der Waals surface area contributed by atoms with Gasteiger partial charge < -0.3 is 26.6 Å². The highest BCUT2D eigenvalue weighted by atomic mass is 35.5. The molecule has 0 saturated carbocycles. The standard InChI is InChI=1S/C20H24N2O2.C11H16ClN5/c1-3-13-12-22-9-7-14(13)10-19(22)20(23)16-6-8-21-18-5-4-15(24-2)11-17(16)18;1-7(2)15-10(13)17-11(14)16-9-5-3-8(12)4-6-9/h3-6,8,11,13-14,19-20,23H,1,7,9-10,12H2,2H3;3-7H,1-2H3,(H5,13,14,15,16,17). The molecular weight excluding hydrogens is 538 g/mol. The van der Waals surface area contributed by atoms with Gasteiger partial charge in [0.15, 0.2) is 0 Å². The number of hydrogen-bond acceptors (Lipinski definition) is 5. The van der Waals surface area contributed by atoms with Crippen LogP contribution in [-0.2, 0) is 0 Å². The maximum Gasteiger partial charge on any atom is 0.218 e. The molecular formula is C31H40ClN7O2. The molecule has 10 heteroatoms. The first-order chi connectivity index (χ1) is 19.7. The average Bonchev–Trinajstić information content (AvgIpc) is 2.97. The third-order valence-corrected chi connectivity index (χ3v) is 7.81. The molecule has 6 rings (SSSR count). The molecule has 3 fully saturated rings. The number of pyridine rings is 1. The van der Waals surface area contributed by atoms with E-state index in [1.807, 2.05) is 38.1 Å². The number of hydrogen-bond donors (Lipinski definition) is 4. The normalized spacial score (nSPS) is 23.1. The number of aromatic nitrogens is 1. The number of methoxy groups -OCH3 is 1. The number of nitrogens with two attached hydrogens (primary N) is 2. The van der Waals surface area contributed by atoms with Gasteiger partial charge in [0.05, 0.1) is 18.7 Å². The number of anilines is 1. The van der Waals surface area contributed by atoms with Crippen molar-refractivity contribution in [2.24, 2.45) is 33.3 Å². The van der Waals surface area contributed by atoms with Gasteiger partial charge in [0.1, 0.15) is 5.75 Å². The van der Waals surface area contributed by atoms with Gasteiger partial charge in [-0.1, -0.05) is 17.7 Å². The molecule has 3 aromatic rings. The number of fused-ring (bicyclic) bond motifs is 4. The van der Waals surface area contributed by atoms with Gasteiger partial charge in [-0.25, -0.2) is 4.99 Å². The highest BCUT2D eigenvalue weighted by Crippen LogP contribution is 2.42. The molecule has 218 valence electrons. The summed E-state index contributed by atoms with van der Waals surface area (Å²) in [5.41, 5.74) is 13.9. The van der Waals surface area contributed by atoms with Gasteiger partial charge in [-0.15, -0.1) is 6.58 Å². The Kier molecular flexibility index (Phi) is 10.2. The molecule has 2 aromatic carbocycles. The topological polar surface area (TPSA) is 134 Å². The Morgan fingerprint density at radius 1 is 1.22 bits per heavy atom. The van der Waals surface area contributed by atoms with Crippen molar-refractivity contribution in [3.63, 3.8) is 0 Å². The predicted octanol–water partition coefficient (Wildman–Crippen LogP) is 4.96. The molecule has 9 nitrogen and oxygen atoms in total. The maximum absolute atomic E-state index is 11.2. The molecule has 0 radical (unpaired) electrons. The second-order valence-electron chi connectivity index (χ2n) is 10.7. The van der Waals surface area contributed by atoms with Gasteiger partial charge in [-0.2, -0.15) is 4.99 Å². The molecule has 5 unspecified atom stereocenters. The summed E-state index contributed by atoms with van der Waals surface area (Å²) >= 11 is 5.76. The van der Waals surface area contributed by atoms with Gasteiger partial charge >= 0.3 is 0 Å². The molecule has 6 N–H and O–H groups in total. The smallest absolute Gasteiger partial charge is 0.218 e. The summed E-state index contributed by atoms with van der Waals surface area (Å²) in [6.45, 7) is 9.88. The van der Waals surface area contributed by atoms with E-state index in [1.54, 1.807) is 37.6 Å². The summed E-state index contributed by atoms with van der Waals surface area (Å²) in [7, 11) is 1.66. The van der Waals surface area contributed by atoms with E-state index in [4.69, 9.17) is 27.8 Å². The number of nitrogens with one attached hydrogen (secondary N) is 1. The van der Waals surface area contributed by atoms with Crippen LogP contribution >= 0.6 is 11.6 Å². The van der Waals surface area contributed by atoms with E-state index in [9.17, 15) is 5.11 Å². The van der Waals surface area contributed by atoms with E-state index >= 15 is 0 Å². The first kappa shape index (κ1) is 30.3. The number of aliphatic hydroxyl groups is 1. The molecule has 4 heterocycles. The first-order valence-electron chi connectivity index (χ1n) is 13.9. The number of benzene rings is 2. The quantitative estimate of drug-likeness (QED) is 0.185. The lowest BCUT2D eigenvalue weighted by Crippen LogP contribution is -2.54. The number of piperidine rings is 3. The van der Waals surface area contributed by atoms with E-state index in [0.29, 0.717) is 16.9 Å². The Balaban J connectivity index is 0.000000202. The number of rotatable bonds is 6. The van der Waals surface area contributed by atoms with Crippen LogP contribution in [0.15, 0.2) is 77.4 Å². The van der Waals surface area contributed by atoms with E-state index in [2.05, 4.69) is 37.8 Å². The zero-order valence-corrected chi connectivity index (χ0v) is 24.6. The largest absolute Gasteiger partial charge is 0.497 e. The Labute approximate surface area is 247 Å². The molecule has 0 spiro atoms. The van der Waals surface area contributed by atoms with Crippen molar-refractivity contribution in [1.29, 1.82) is 0 Å². The third kappa shape index (κ3) is 7.75. The molecule has 5 atom stereocenters. The van der Waals surface area contributed by atoms with E-state index in [1.165, 1.54) is 6.42 Å². The minimum absolute atomic E-state index is 0.0853. The van der Waals surface area contributed by atoms with Crippen molar-refractivity contribution in [3.8, 4) is 5.75 Å². The van der Waals surface area contributed by atoms with Crippen molar-refractivity contribution in [2.75, 3.05) is 25.5 Å². The van der Waals surface area contributed by atoms with Crippen LogP contribution < -0.4 is 21.5 Å². The summed E-state index contributed by atoms with van der Waals surface area (Å²) < 4.78 is 5.35. The highest BCUT2D eigenvalue weighted by Gasteiger charge is 2.42. The minimum Gasteiger partial charge on any atom is -0.497 e. The van der Waals surface area contributed by atoms with E-state index in [0.717, 1.165) is 47.4 Å². The molecule has 41 heavy (non-hydrogen) atoms. The molecule has 0 amide bonds. The van der Waals surface area contributed by atoms with Crippen LogP contribution in [0.2, 0.25) is 5.02 Å². The fraction of sp³-hybridized carbons (Fsp3) is 0.387. The van der Waals surface area contributed by atoms with Crippen LogP contribution in [-0.4, -0.2) is 59.2 Å². The van der Waals surface area contributed by atoms with Crippen LogP contribution in [0.3, 0.4) is 0 Å². The number of halogens is 1. The summed E-state index contributed by atoms with van der Waals surface area (Å²) in [6.07, 6.45) is 5.62. The summed E-state index contributed by atoms with van der Waals surface area (Å²) in [6, 6.07) is 15.1. The molecule has 1 aromatic heterocycles. The van der Waals surface area contributed by atoms with Crippen molar-refractivity contribution >= 4 is 40.1 Å². The fourth-order valence-corrected chi connectivity index (χ4v) is 5.70. The molecule has 3 aliphatic rings. The summed E-state index contributed by atoms with van der Waals surface area (Å²) in [4.78, 5) is 14.8. The summed E-state index contributed by atoms with van der Waals surface area (Å²) in [5.74, 6) is 2.35. The lowest BCUT2D eigenvalue weighted by Gasteiger charge is -2.50. The zero-order valence-electron chi connectivity index (χ0n) is 23.9. The molecule has 2 bridgehead atoms. The first-order valence-corrected chi connectivity index (χ1v) is 14.2. The molecule has 3 saturated heterocycles. The van der Waals surface area contributed by atoms with Gasteiger partial charge in [0, 0.05) is 40.9 Å². The number of aliphatic imine (C=N–C) groups is 2. The maximum atomic E-state index is 11.2. The lowest BCUT2D eigenvalue weighted by atomic mass is 9.73. The zero-order chi connectivity index (χ0) is 29.5. The van der Waals surface area contributed by atoms with Gasteiger partial charge in [-0.05, 0) is 99.2 Å². The van der Waals surface area contributed by atoms with Crippen molar-refractivity contribution < 1.29 is 9.84 Å². The minimum atomic E-state index is -0.504. The Morgan fingerprint density at radius 2 is 1.98 bits per heavy atom. The van der Waals surface area contributed by atoms with Crippen molar-refractivity contribution in [3.05, 3.63) is 78.0 Å². The van der Waals surface area contributed by atoms with Crippen LogP contribution in [0.25, 0.3) is 10.9 Å². The number of ether oxygens (including phenoxy) is 1.